The Morgan fingerprint density at radius 3 is 3.25 bits per heavy atom. The summed E-state index contributed by atoms with van der Waals surface area (Å²) in [5.41, 5.74) is 1.17. The number of fused-ring (bicyclic) bond motifs is 2. The second-order valence-electron chi connectivity index (χ2n) is 4.90. The Morgan fingerprint density at radius 2 is 2.44 bits per heavy atom. The Bertz CT molecular complexity index is 390. The van der Waals surface area contributed by atoms with Gasteiger partial charge in [-0.1, -0.05) is 6.07 Å². The minimum absolute atomic E-state index is 0.114. The highest BCUT2D eigenvalue weighted by molar-refractivity contribution is 5.85. The van der Waals surface area contributed by atoms with Gasteiger partial charge in [-0.2, -0.15) is 0 Å². The Kier molecular flexibility index (Phi) is 2.48. The summed E-state index contributed by atoms with van der Waals surface area (Å²) in [6.45, 7) is 2.22. The van der Waals surface area contributed by atoms with Gasteiger partial charge in [0.1, 0.15) is 0 Å². The van der Waals surface area contributed by atoms with Crippen LogP contribution in [0, 0.1) is 5.92 Å². The molecule has 3 unspecified atom stereocenters. The van der Waals surface area contributed by atoms with Crippen LogP contribution in [0.5, 0.6) is 0 Å². The van der Waals surface area contributed by atoms with Crippen LogP contribution in [0.25, 0.3) is 0 Å². The van der Waals surface area contributed by atoms with Gasteiger partial charge in [-0.3, -0.25) is 14.7 Å². The van der Waals surface area contributed by atoms with Crippen LogP contribution in [-0.2, 0) is 11.2 Å². The van der Waals surface area contributed by atoms with E-state index in [1.165, 1.54) is 12.0 Å². The van der Waals surface area contributed by atoms with Gasteiger partial charge in [0.2, 0.25) is 0 Å². The Balaban J connectivity index is 1.76. The molecule has 3 atom stereocenters. The molecule has 0 radical (unpaired) electrons. The summed E-state index contributed by atoms with van der Waals surface area (Å²) in [4.78, 5) is 18.5. The van der Waals surface area contributed by atoms with Gasteiger partial charge < -0.3 is 0 Å². The van der Waals surface area contributed by atoms with Gasteiger partial charge in [-0.25, -0.2) is 0 Å². The van der Waals surface area contributed by atoms with E-state index in [0.29, 0.717) is 11.7 Å². The van der Waals surface area contributed by atoms with Crippen LogP contribution in [0.15, 0.2) is 24.5 Å². The van der Waals surface area contributed by atoms with Crippen molar-refractivity contribution in [2.24, 2.45) is 5.92 Å². The zero-order valence-electron chi connectivity index (χ0n) is 9.30. The number of aromatic nitrogens is 1. The third-order valence-electron chi connectivity index (χ3n) is 3.77. The van der Waals surface area contributed by atoms with E-state index in [4.69, 9.17) is 0 Å². The molecule has 0 amide bonds. The first-order chi connectivity index (χ1) is 7.83. The molecule has 1 aromatic rings. The zero-order valence-corrected chi connectivity index (χ0v) is 9.30. The lowest BCUT2D eigenvalue weighted by Crippen LogP contribution is -2.45. The number of piperidine rings is 1. The molecular weight excluding hydrogens is 200 g/mol. The Labute approximate surface area is 95.5 Å². The van der Waals surface area contributed by atoms with Crippen molar-refractivity contribution in [2.45, 2.75) is 25.3 Å². The SMILES string of the molecule is O=C1CC2CCN(C2)C1Cc1cccnc1. The van der Waals surface area contributed by atoms with E-state index in [2.05, 4.69) is 16.0 Å². The van der Waals surface area contributed by atoms with Crippen molar-refractivity contribution in [3.63, 3.8) is 0 Å². The number of pyridine rings is 1. The van der Waals surface area contributed by atoms with Crippen molar-refractivity contribution in [3.8, 4) is 0 Å². The van der Waals surface area contributed by atoms with Crippen LogP contribution < -0.4 is 0 Å². The van der Waals surface area contributed by atoms with Crippen LogP contribution >= 0.6 is 0 Å². The van der Waals surface area contributed by atoms with Gasteiger partial charge >= 0.3 is 0 Å². The van der Waals surface area contributed by atoms with E-state index < -0.39 is 0 Å². The van der Waals surface area contributed by atoms with Gasteiger partial charge in [0.15, 0.2) is 5.78 Å². The van der Waals surface area contributed by atoms with E-state index in [-0.39, 0.29) is 6.04 Å². The van der Waals surface area contributed by atoms with Crippen molar-refractivity contribution in [1.82, 2.24) is 9.88 Å². The second kappa shape index (κ2) is 3.98. The summed E-state index contributed by atoms with van der Waals surface area (Å²) in [6, 6.07) is 4.11. The normalized spacial score (nSPS) is 33.0. The van der Waals surface area contributed by atoms with Gasteiger partial charge in [-0.15, -0.1) is 0 Å². The lowest BCUT2D eigenvalue weighted by atomic mass is 9.92. The first-order valence-electron chi connectivity index (χ1n) is 5.98. The van der Waals surface area contributed by atoms with E-state index in [1.54, 1.807) is 6.20 Å². The predicted molar refractivity (Wildman–Crippen MR) is 61.0 cm³/mol. The Morgan fingerprint density at radius 1 is 1.50 bits per heavy atom. The summed E-state index contributed by atoms with van der Waals surface area (Å²) in [5, 5.41) is 0. The molecule has 0 saturated carbocycles. The molecule has 0 aromatic carbocycles. The van der Waals surface area contributed by atoms with Crippen molar-refractivity contribution >= 4 is 5.78 Å². The number of hydrogen-bond donors (Lipinski definition) is 0. The maximum atomic E-state index is 12.0. The highest BCUT2D eigenvalue weighted by Gasteiger charge is 2.38. The standard InChI is InChI=1S/C13H16N2O/c16-13-7-11-3-5-15(9-11)12(13)6-10-2-1-4-14-8-10/h1-2,4,8,11-12H,3,5-7,9H2. The summed E-state index contributed by atoms with van der Waals surface area (Å²) >= 11 is 0. The van der Waals surface area contributed by atoms with Crippen LogP contribution in [0.2, 0.25) is 0 Å². The van der Waals surface area contributed by atoms with Crippen LogP contribution in [0.3, 0.4) is 0 Å². The van der Waals surface area contributed by atoms with Crippen molar-refractivity contribution in [3.05, 3.63) is 30.1 Å². The first kappa shape index (κ1) is 9.97. The minimum Gasteiger partial charge on any atom is -0.298 e. The molecule has 3 rings (SSSR count). The topological polar surface area (TPSA) is 33.2 Å². The molecule has 3 nitrogen and oxygen atoms in total. The van der Waals surface area contributed by atoms with Crippen LogP contribution in [-0.4, -0.2) is 34.8 Å². The van der Waals surface area contributed by atoms with Crippen molar-refractivity contribution < 1.29 is 4.79 Å². The minimum atomic E-state index is 0.114. The second-order valence-corrected chi connectivity index (χ2v) is 4.90. The number of ketones is 1. The quantitative estimate of drug-likeness (QED) is 0.747. The van der Waals surface area contributed by atoms with Gasteiger partial charge in [-0.05, 0) is 36.9 Å². The monoisotopic (exact) mass is 216 g/mol. The third-order valence-corrected chi connectivity index (χ3v) is 3.77. The molecule has 84 valence electrons. The molecule has 16 heavy (non-hydrogen) atoms. The molecule has 0 spiro atoms. The molecule has 0 aliphatic carbocycles. The average molecular weight is 216 g/mol. The van der Waals surface area contributed by atoms with E-state index in [0.717, 1.165) is 25.9 Å². The van der Waals surface area contributed by atoms with E-state index in [1.807, 2.05) is 12.3 Å². The third kappa shape index (κ3) is 1.76. The fourth-order valence-corrected chi connectivity index (χ4v) is 2.92. The first-order valence-corrected chi connectivity index (χ1v) is 5.98. The predicted octanol–water partition coefficient (Wildman–Crippen LogP) is 1.29. The van der Waals surface area contributed by atoms with E-state index >= 15 is 0 Å². The molecule has 3 heteroatoms. The molecule has 2 aliphatic heterocycles. The van der Waals surface area contributed by atoms with Crippen LogP contribution in [0.4, 0.5) is 0 Å². The summed E-state index contributed by atoms with van der Waals surface area (Å²) in [7, 11) is 0. The summed E-state index contributed by atoms with van der Waals surface area (Å²) in [5.74, 6) is 1.07. The smallest absolute Gasteiger partial charge is 0.150 e. The fourth-order valence-electron chi connectivity index (χ4n) is 2.92. The maximum absolute atomic E-state index is 12.0. The lowest BCUT2D eigenvalue weighted by Gasteiger charge is -2.30. The lowest BCUT2D eigenvalue weighted by molar-refractivity contribution is -0.126. The highest BCUT2D eigenvalue weighted by atomic mass is 16.1. The molecular formula is C13H16N2O. The number of hydrogen-bond acceptors (Lipinski definition) is 3. The fraction of sp³-hybridized carbons (Fsp3) is 0.538. The molecule has 0 N–H and O–H groups in total. The molecule has 2 fully saturated rings. The van der Waals surface area contributed by atoms with Gasteiger partial charge in [0.25, 0.3) is 0 Å². The number of nitrogens with zero attached hydrogens (tertiary/aromatic N) is 2. The van der Waals surface area contributed by atoms with Crippen LogP contribution in [0.1, 0.15) is 18.4 Å². The van der Waals surface area contributed by atoms with Crippen molar-refractivity contribution in [1.29, 1.82) is 0 Å². The molecule has 2 saturated heterocycles. The molecule has 1 aromatic heterocycles. The summed E-state index contributed by atoms with van der Waals surface area (Å²) in [6.07, 6.45) is 6.48. The molecule has 3 heterocycles. The zero-order chi connectivity index (χ0) is 11.0. The number of carbonyl (C=O) groups is 1. The highest BCUT2D eigenvalue weighted by Crippen LogP contribution is 2.30. The summed E-state index contributed by atoms with van der Waals surface area (Å²) < 4.78 is 0. The van der Waals surface area contributed by atoms with Gasteiger partial charge in [0, 0.05) is 25.4 Å². The number of rotatable bonds is 2. The number of carbonyl (C=O) groups excluding carboxylic acids is 1. The molecule has 2 aliphatic rings. The van der Waals surface area contributed by atoms with E-state index in [9.17, 15) is 4.79 Å². The number of Topliss-reactive ketones (excluding diaryl/α,β-unsaturated/α-hetero) is 1. The maximum Gasteiger partial charge on any atom is 0.150 e. The van der Waals surface area contributed by atoms with Crippen molar-refractivity contribution in [2.75, 3.05) is 13.1 Å². The molecule has 2 bridgehead atoms. The largest absolute Gasteiger partial charge is 0.298 e. The van der Waals surface area contributed by atoms with Gasteiger partial charge in [0.05, 0.1) is 6.04 Å². The average Bonchev–Trinajstić information content (AvgIpc) is 2.70. The Hall–Kier alpha value is -1.22.